The molecular weight excluding hydrogens is 290 g/mol. The van der Waals surface area contributed by atoms with Gasteiger partial charge in [-0.15, -0.1) is 0 Å². The summed E-state index contributed by atoms with van der Waals surface area (Å²) in [6, 6.07) is 4.80. The monoisotopic (exact) mass is 310 g/mol. The molecule has 1 heterocycles. The lowest BCUT2D eigenvalue weighted by molar-refractivity contribution is 0.00578. The smallest absolute Gasteiger partial charge is 0.492 e. The van der Waals surface area contributed by atoms with Gasteiger partial charge in [-0.3, -0.25) is 0 Å². The van der Waals surface area contributed by atoms with Crippen LogP contribution in [0.2, 0.25) is 5.02 Å². The van der Waals surface area contributed by atoms with Crippen molar-refractivity contribution in [1.82, 2.24) is 0 Å². The Morgan fingerprint density at radius 2 is 1.81 bits per heavy atom. The molecule has 0 spiro atoms. The molecule has 1 aliphatic rings. The number of benzene rings is 1. The van der Waals surface area contributed by atoms with E-state index >= 15 is 0 Å². The van der Waals surface area contributed by atoms with E-state index in [1.54, 1.807) is 18.2 Å². The molecule has 4 nitrogen and oxygen atoms in total. The Hall–Kier alpha value is -1.01. The van der Waals surface area contributed by atoms with Crippen molar-refractivity contribution in [3.05, 3.63) is 34.3 Å². The van der Waals surface area contributed by atoms with E-state index in [4.69, 9.17) is 20.9 Å². The Bertz CT molecular complexity index is 553. The SMILES string of the molecule is CC1(C)OB(C(=Cc2ccc(Cl)cc2O)CO)OC1(C)C. The minimum Gasteiger partial charge on any atom is -0.507 e. The Morgan fingerprint density at radius 1 is 1.24 bits per heavy atom. The largest absolute Gasteiger partial charge is 0.507 e. The van der Waals surface area contributed by atoms with E-state index in [1.165, 1.54) is 6.07 Å². The van der Waals surface area contributed by atoms with Crippen molar-refractivity contribution in [3.8, 4) is 5.75 Å². The molecule has 0 amide bonds. The van der Waals surface area contributed by atoms with Crippen LogP contribution in [0.1, 0.15) is 33.3 Å². The van der Waals surface area contributed by atoms with E-state index in [0.717, 1.165) is 0 Å². The molecule has 2 rings (SSSR count). The molecule has 0 radical (unpaired) electrons. The van der Waals surface area contributed by atoms with Gasteiger partial charge in [-0.2, -0.15) is 0 Å². The minimum absolute atomic E-state index is 0.0463. The second-order valence-corrected chi connectivity index (χ2v) is 6.61. The first-order chi connectivity index (χ1) is 9.66. The second-order valence-electron chi connectivity index (χ2n) is 6.17. The summed E-state index contributed by atoms with van der Waals surface area (Å²) < 4.78 is 11.8. The van der Waals surface area contributed by atoms with Crippen molar-refractivity contribution in [2.75, 3.05) is 6.61 Å². The van der Waals surface area contributed by atoms with Crippen molar-refractivity contribution in [3.63, 3.8) is 0 Å². The average molecular weight is 311 g/mol. The van der Waals surface area contributed by atoms with Gasteiger partial charge in [-0.05, 0) is 51.4 Å². The van der Waals surface area contributed by atoms with Crippen molar-refractivity contribution in [2.24, 2.45) is 0 Å². The van der Waals surface area contributed by atoms with Gasteiger partial charge in [-0.1, -0.05) is 17.7 Å². The van der Waals surface area contributed by atoms with Crippen LogP contribution in [0.5, 0.6) is 5.75 Å². The zero-order chi connectivity index (χ0) is 15.8. The van der Waals surface area contributed by atoms with Crippen LogP contribution >= 0.6 is 11.6 Å². The minimum atomic E-state index is -0.643. The van der Waals surface area contributed by atoms with Gasteiger partial charge in [0.05, 0.1) is 17.8 Å². The highest BCUT2D eigenvalue weighted by Crippen LogP contribution is 2.39. The fraction of sp³-hybridized carbons (Fsp3) is 0.467. The summed E-state index contributed by atoms with van der Waals surface area (Å²) in [5.74, 6) is 0.0463. The number of aliphatic hydroxyl groups is 1. The molecule has 1 fully saturated rings. The molecule has 0 unspecified atom stereocenters. The van der Waals surface area contributed by atoms with Crippen LogP contribution in [0.3, 0.4) is 0 Å². The van der Waals surface area contributed by atoms with E-state index in [1.807, 2.05) is 27.7 Å². The third-order valence-corrected chi connectivity index (χ3v) is 4.31. The topological polar surface area (TPSA) is 58.9 Å². The molecule has 1 saturated heterocycles. The molecule has 0 saturated carbocycles. The molecule has 21 heavy (non-hydrogen) atoms. The predicted molar refractivity (Wildman–Crippen MR) is 84.3 cm³/mol. The Morgan fingerprint density at radius 3 is 2.29 bits per heavy atom. The fourth-order valence-corrected chi connectivity index (χ4v) is 2.19. The first-order valence-electron chi connectivity index (χ1n) is 6.82. The second kappa shape index (κ2) is 5.65. The van der Waals surface area contributed by atoms with Gasteiger partial charge in [0, 0.05) is 10.6 Å². The number of hydrogen-bond acceptors (Lipinski definition) is 4. The highest BCUT2D eigenvalue weighted by molar-refractivity contribution is 6.55. The van der Waals surface area contributed by atoms with Crippen LogP contribution < -0.4 is 0 Å². The summed E-state index contributed by atoms with van der Waals surface area (Å²) in [5.41, 5.74) is 0.145. The molecule has 6 heteroatoms. The van der Waals surface area contributed by atoms with Crippen LogP contribution in [-0.4, -0.2) is 35.1 Å². The van der Waals surface area contributed by atoms with Crippen molar-refractivity contribution in [1.29, 1.82) is 0 Å². The first-order valence-corrected chi connectivity index (χ1v) is 7.19. The van der Waals surface area contributed by atoms with Crippen molar-refractivity contribution < 1.29 is 19.5 Å². The predicted octanol–water partition coefficient (Wildman–Crippen LogP) is 3.05. The zero-order valence-corrected chi connectivity index (χ0v) is 13.4. The van der Waals surface area contributed by atoms with Gasteiger partial charge in [0.2, 0.25) is 0 Å². The quantitative estimate of drug-likeness (QED) is 0.843. The maximum Gasteiger partial charge on any atom is 0.492 e. The molecule has 1 aromatic rings. The maximum atomic E-state index is 9.89. The highest BCUT2D eigenvalue weighted by Gasteiger charge is 2.52. The molecule has 0 aliphatic carbocycles. The summed E-state index contributed by atoms with van der Waals surface area (Å²) in [6.07, 6.45) is 1.66. The summed E-state index contributed by atoms with van der Waals surface area (Å²) >= 11 is 5.81. The maximum absolute atomic E-state index is 9.89. The standard InChI is InChI=1S/C15H20BClO4/c1-14(2)15(3,4)21-16(20-14)11(9-18)7-10-5-6-12(17)8-13(10)19/h5-8,18-19H,9H2,1-4H3. The van der Waals surface area contributed by atoms with E-state index in [-0.39, 0.29) is 12.4 Å². The molecule has 1 aromatic carbocycles. The number of rotatable bonds is 3. The number of aromatic hydroxyl groups is 1. The zero-order valence-electron chi connectivity index (χ0n) is 12.7. The van der Waals surface area contributed by atoms with Gasteiger partial charge in [-0.25, -0.2) is 0 Å². The molecule has 114 valence electrons. The number of aliphatic hydroxyl groups excluding tert-OH is 1. The van der Waals surface area contributed by atoms with E-state index in [9.17, 15) is 10.2 Å². The normalized spacial score (nSPS) is 20.9. The Kier molecular flexibility index (Phi) is 4.40. The number of halogens is 1. The summed E-state index contributed by atoms with van der Waals surface area (Å²) in [4.78, 5) is 0. The molecular formula is C15H20BClO4. The van der Waals surface area contributed by atoms with Crippen molar-refractivity contribution >= 4 is 24.8 Å². The summed E-state index contributed by atoms with van der Waals surface area (Å²) in [7, 11) is -0.643. The molecule has 1 aliphatic heterocycles. The first kappa shape index (κ1) is 16.4. The highest BCUT2D eigenvalue weighted by atomic mass is 35.5. The lowest BCUT2D eigenvalue weighted by Crippen LogP contribution is -2.41. The number of hydrogen-bond donors (Lipinski definition) is 2. The van der Waals surface area contributed by atoms with Gasteiger partial charge in [0.15, 0.2) is 0 Å². The average Bonchev–Trinajstić information content (AvgIpc) is 2.57. The summed E-state index contributed by atoms with van der Waals surface area (Å²) in [5, 5.41) is 19.9. The lowest BCUT2D eigenvalue weighted by atomic mass is 9.77. The molecule has 2 N–H and O–H groups in total. The fourth-order valence-electron chi connectivity index (χ4n) is 2.02. The number of phenolic OH excluding ortho intramolecular Hbond substituents is 1. The van der Waals surface area contributed by atoms with Crippen LogP contribution in [0.15, 0.2) is 23.7 Å². The van der Waals surface area contributed by atoms with Crippen LogP contribution in [0, 0.1) is 0 Å². The number of phenols is 1. The van der Waals surface area contributed by atoms with Gasteiger partial charge in [0.1, 0.15) is 5.75 Å². The van der Waals surface area contributed by atoms with Crippen molar-refractivity contribution in [2.45, 2.75) is 38.9 Å². The summed E-state index contributed by atoms with van der Waals surface area (Å²) in [6.45, 7) is 7.56. The Labute approximate surface area is 130 Å². The van der Waals surface area contributed by atoms with Crippen LogP contribution in [0.4, 0.5) is 0 Å². The van der Waals surface area contributed by atoms with Gasteiger partial charge >= 0.3 is 7.12 Å². The van der Waals surface area contributed by atoms with E-state index in [2.05, 4.69) is 0 Å². The van der Waals surface area contributed by atoms with Crippen LogP contribution in [0.25, 0.3) is 6.08 Å². The Balaban J connectivity index is 2.31. The van der Waals surface area contributed by atoms with E-state index < -0.39 is 18.3 Å². The molecule has 0 aromatic heterocycles. The third kappa shape index (κ3) is 3.26. The lowest BCUT2D eigenvalue weighted by Gasteiger charge is -2.32. The van der Waals surface area contributed by atoms with E-state index in [0.29, 0.717) is 16.1 Å². The molecule has 0 atom stereocenters. The van der Waals surface area contributed by atoms with Gasteiger partial charge in [0.25, 0.3) is 0 Å². The van der Waals surface area contributed by atoms with Gasteiger partial charge < -0.3 is 19.5 Å². The third-order valence-electron chi connectivity index (χ3n) is 4.07. The molecule has 0 bridgehead atoms. The van der Waals surface area contributed by atoms with Crippen LogP contribution in [-0.2, 0) is 9.31 Å².